The molecule has 15 heavy (non-hydrogen) atoms. The highest BCUT2D eigenvalue weighted by Gasteiger charge is 2.26. The minimum absolute atomic E-state index is 0.338. The Morgan fingerprint density at radius 3 is 2.73 bits per heavy atom. The van der Waals surface area contributed by atoms with Crippen molar-refractivity contribution in [2.45, 2.75) is 32.7 Å². The Bertz CT molecular complexity index is 383. The van der Waals surface area contributed by atoms with Crippen LogP contribution in [0.3, 0.4) is 0 Å². The molecule has 2 rings (SSSR count). The van der Waals surface area contributed by atoms with Crippen molar-refractivity contribution in [3.05, 3.63) is 10.6 Å². The number of anilines is 1. The second-order valence-electron chi connectivity index (χ2n) is 4.16. The molecule has 0 saturated heterocycles. The molecule has 0 amide bonds. The molecule has 1 aromatic rings. The van der Waals surface area contributed by atoms with Crippen LogP contribution < -0.4 is 5.32 Å². The van der Waals surface area contributed by atoms with Crippen molar-refractivity contribution in [1.29, 1.82) is 0 Å². The molecule has 2 N–H and O–H groups in total. The van der Waals surface area contributed by atoms with Gasteiger partial charge in [0.25, 0.3) is 0 Å². The molecule has 1 saturated carbocycles. The molecule has 82 valence electrons. The number of nitrogens with one attached hydrogen (secondary N) is 1. The van der Waals surface area contributed by atoms with Gasteiger partial charge in [0.1, 0.15) is 4.88 Å². The van der Waals surface area contributed by atoms with E-state index in [4.69, 9.17) is 5.11 Å². The number of thiazole rings is 1. The maximum absolute atomic E-state index is 10.8. The van der Waals surface area contributed by atoms with Crippen molar-refractivity contribution < 1.29 is 9.90 Å². The molecule has 0 bridgehead atoms. The van der Waals surface area contributed by atoms with Crippen LogP contribution in [0.5, 0.6) is 0 Å². The lowest BCUT2D eigenvalue weighted by atomic mass is 9.82. The zero-order valence-corrected chi connectivity index (χ0v) is 9.60. The fourth-order valence-corrected chi connectivity index (χ4v) is 2.73. The van der Waals surface area contributed by atoms with Crippen molar-refractivity contribution in [3.8, 4) is 0 Å². The van der Waals surface area contributed by atoms with E-state index < -0.39 is 5.97 Å². The first-order chi connectivity index (χ1) is 7.06. The van der Waals surface area contributed by atoms with Crippen LogP contribution in [-0.4, -0.2) is 22.1 Å². The van der Waals surface area contributed by atoms with E-state index in [0.29, 0.717) is 16.6 Å². The standard InChI is InChI=1S/C10H14N2O2S/c1-5-3-7(4-5)12-10-11-6(2)8(15-10)9(13)14/h5,7H,3-4H2,1-2H3,(H,11,12)(H,13,14). The second-order valence-corrected chi connectivity index (χ2v) is 5.16. The average Bonchev–Trinajstić information content (AvgIpc) is 2.44. The zero-order chi connectivity index (χ0) is 11.0. The summed E-state index contributed by atoms with van der Waals surface area (Å²) in [6, 6.07) is 0.479. The van der Waals surface area contributed by atoms with Crippen LogP contribution in [-0.2, 0) is 0 Å². The largest absolute Gasteiger partial charge is 0.477 e. The summed E-state index contributed by atoms with van der Waals surface area (Å²) in [4.78, 5) is 15.3. The quantitative estimate of drug-likeness (QED) is 0.830. The third-order valence-electron chi connectivity index (χ3n) is 2.69. The SMILES string of the molecule is Cc1nc(NC2CC(C)C2)sc1C(=O)O. The van der Waals surface area contributed by atoms with Crippen LogP contribution in [0.2, 0.25) is 0 Å². The van der Waals surface area contributed by atoms with Gasteiger partial charge in [-0.1, -0.05) is 18.3 Å². The molecule has 1 aromatic heterocycles. The number of hydrogen-bond acceptors (Lipinski definition) is 4. The number of aromatic nitrogens is 1. The highest BCUT2D eigenvalue weighted by Crippen LogP contribution is 2.31. The van der Waals surface area contributed by atoms with Gasteiger partial charge in [0.05, 0.1) is 5.69 Å². The van der Waals surface area contributed by atoms with Gasteiger partial charge in [-0.05, 0) is 25.7 Å². The predicted molar refractivity (Wildman–Crippen MR) is 59.6 cm³/mol. The number of rotatable bonds is 3. The van der Waals surface area contributed by atoms with E-state index in [1.54, 1.807) is 6.92 Å². The van der Waals surface area contributed by atoms with Gasteiger partial charge in [0, 0.05) is 6.04 Å². The number of aryl methyl sites for hydroxylation is 1. The van der Waals surface area contributed by atoms with E-state index in [1.807, 2.05) is 0 Å². The molecule has 0 atom stereocenters. The third kappa shape index (κ3) is 2.12. The lowest BCUT2D eigenvalue weighted by Gasteiger charge is -2.33. The Labute approximate surface area is 92.3 Å². The van der Waals surface area contributed by atoms with Gasteiger partial charge in [-0.3, -0.25) is 0 Å². The summed E-state index contributed by atoms with van der Waals surface area (Å²) >= 11 is 1.22. The van der Waals surface area contributed by atoms with Crippen LogP contribution in [0.4, 0.5) is 5.13 Å². The Balaban J connectivity index is 2.03. The monoisotopic (exact) mass is 226 g/mol. The molecule has 0 unspecified atom stereocenters. The number of aromatic carboxylic acids is 1. The summed E-state index contributed by atoms with van der Waals surface area (Å²) < 4.78 is 0. The van der Waals surface area contributed by atoms with E-state index in [1.165, 1.54) is 11.3 Å². The summed E-state index contributed by atoms with van der Waals surface area (Å²) in [5.74, 6) is -0.109. The number of hydrogen-bond donors (Lipinski definition) is 2. The fourth-order valence-electron chi connectivity index (χ4n) is 1.85. The minimum atomic E-state index is -0.889. The molecule has 1 aliphatic rings. The van der Waals surface area contributed by atoms with Gasteiger partial charge in [0.2, 0.25) is 0 Å². The van der Waals surface area contributed by atoms with Crippen molar-refractivity contribution >= 4 is 22.4 Å². The Kier molecular flexibility index (Phi) is 2.65. The van der Waals surface area contributed by atoms with Gasteiger partial charge < -0.3 is 10.4 Å². The van der Waals surface area contributed by atoms with Crippen LogP contribution in [0.1, 0.15) is 35.1 Å². The lowest BCUT2D eigenvalue weighted by Crippen LogP contribution is -2.33. The number of nitrogens with zero attached hydrogens (tertiary/aromatic N) is 1. The number of carboxylic acids is 1. The van der Waals surface area contributed by atoms with E-state index in [2.05, 4.69) is 17.2 Å². The maximum atomic E-state index is 10.8. The van der Waals surface area contributed by atoms with E-state index in [0.717, 1.165) is 23.9 Å². The smallest absolute Gasteiger partial charge is 0.347 e. The normalized spacial score (nSPS) is 24.7. The van der Waals surface area contributed by atoms with Crippen molar-refractivity contribution in [2.24, 2.45) is 5.92 Å². The van der Waals surface area contributed by atoms with Gasteiger partial charge in [-0.15, -0.1) is 0 Å². The zero-order valence-electron chi connectivity index (χ0n) is 8.78. The molecule has 1 heterocycles. The van der Waals surface area contributed by atoms with Crippen molar-refractivity contribution in [3.63, 3.8) is 0 Å². The van der Waals surface area contributed by atoms with Gasteiger partial charge in [-0.25, -0.2) is 9.78 Å². The van der Waals surface area contributed by atoms with Crippen LogP contribution in [0.15, 0.2) is 0 Å². The van der Waals surface area contributed by atoms with Crippen molar-refractivity contribution in [1.82, 2.24) is 4.98 Å². The van der Waals surface area contributed by atoms with Gasteiger partial charge in [-0.2, -0.15) is 0 Å². The van der Waals surface area contributed by atoms with Gasteiger partial charge >= 0.3 is 5.97 Å². The molecule has 5 heteroatoms. The molecule has 0 radical (unpaired) electrons. The summed E-state index contributed by atoms with van der Waals surface area (Å²) in [6.45, 7) is 3.95. The minimum Gasteiger partial charge on any atom is -0.477 e. The van der Waals surface area contributed by atoms with E-state index >= 15 is 0 Å². The Morgan fingerprint density at radius 1 is 1.60 bits per heavy atom. The molecule has 1 fully saturated rings. The molecular formula is C10H14N2O2S. The van der Waals surface area contributed by atoms with Crippen LogP contribution in [0, 0.1) is 12.8 Å². The summed E-state index contributed by atoms with van der Waals surface area (Å²) in [5.41, 5.74) is 0.599. The summed E-state index contributed by atoms with van der Waals surface area (Å²) in [7, 11) is 0. The fraction of sp³-hybridized carbons (Fsp3) is 0.600. The molecule has 4 nitrogen and oxygen atoms in total. The highest BCUT2D eigenvalue weighted by atomic mass is 32.1. The maximum Gasteiger partial charge on any atom is 0.347 e. The molecule has 0 spiro atoms. The van der Waals surface area contributed by atoms with Crippen LogP contribution in [0.25, 0.3) is 0 Å². The topological polar surface area (TPSA) is 62.2 Å². The molecule has 0 aliphatic heterocycles. The number of carboxylic acid groups (broad SMARTS) is 1. The van der Waals surface area contributed by atoms with E-state index in [-0.39, 0.29) is 0 Å². The predicted octanol–water partition coefficient (Wildman–Crippen LogP) is 2.36. The third-order valence-corrected chi connectivity index (χ3v) is 3.77. The first-order valence-electron chi connectivity index (χ1n) is 5.03. The van der Waals surface area contributed by atoms with Crippen LogP contribution >= 0.6 is 11.3 Å². The second kappa shape index (κ2) is 3.81. The van der Waals surface area contributed by atoms with Gasteiger partial charge in [0.15, 0.2) is 5.13 Å². The summed E-state index contributed by atoms with van der Waals surface area (Å²) in [5, 5.41) is 12.9. The Morgan fingerprint density at radius 2 is 2.27 bits per heavy atom. The first kappa shape index (κ1) is 10.4. The highest BCUT2D eigenvalue weighted by molar-refractivity contribution is 7.17. The first-order valence-corrected chi connectivity index (χ1v) is 5.85. The lowest BCUT2D eigenvalue weighted by molar-refractivity contribution is 0.0701. The molecule has 1 aliphatic carbocycles. The van der Waals surface area contributed by atoms with E-state index in [9.17, 15) is 4.79 Å². The number of carbonyl (C=O) groups is 1. The summed E-state index contributed by atoms with van der Waals surface area (Å²) in [6.07, 6.45) is 2.31. The average molecular weight is 226 g/mol. The van der Waals surface area contributed by atoms with Crippen molar-refractivity contribution in [2.75, 3.05) is 5.32 Å². The molecule has 0 aromatic carbocycles. The Hall–Kier alpha value is -1.10. The molecular weight excluding hydrogens is 212 g/mol.